The monoisotopic (exact) mass is 406 g/mol. The van der Waals surface area contributed by atoms with Crippen LogP contribution < -0.4 is 18.9 Å². The molecule has 0 amide bonds. The van der Waals surface area contributed by atoms with Gasteiger partial charge in [0, 0.05) is 11.5 Å². The zero-order valence-electron chi connectivity index (χ0n) is 16.6. The standard InChI is InChI=1S/C24H22O6/c25-17-12-24(8-2-1-3-9-24)30-23-15(17)5-7-19-22(23)16(11-21(26)29-19)14-4-6-18-20(10-14)28-13-27-18/h4-7,10,16H,1-3,8-9,11-13H2/t16-/m1/s1. The van der Waals surface area contributed by atoms with Crippen molar-refractivity contribution in [3.8, 4) is 23.0 Å². The van der Waals surface area contributed by atoms with E-state index in [1.165, 1.54) is 6.42 Å². The Hall–Kier alpha value is -3.02. The van der Waals surface area contributed by atoms with Crippen LogP contribution in [0.3, 0.4) is 0 Å². The van der Waals surface area contributed by atoms with E-state index in [0.29, 0.717) is 35.0 Å². The third kappa shape index (κ3) is 2.70. The van der Waals surface area contributed by atoms with Crippen LogP contribution in [0.2, 0.25) is 0 Å². The molecule has 1 atom stereocenters. The molecule has 1 spiro atoms. The zero-order valence-corrected chi connectivity index (χ0v) is 16.6. The van der Waals surface area contributed by atoms with E-state index in [1.807, 2.05) is 18.2 Å². The summed E-state index contributed by atoms with van der Waals surface area (Å²) in [5.74, 6) is 1.99. The Bertz CT molecular complexity index is 1070. The topological polar surface area (TPSA) is 71.1 Å². The number of hydrogen-bond donors (Lipinski definition) is 0. The molecule has 1 saturated carbocycles. The molecule has 0 N–H and O–H groups in total. The van der Waals surface area contributed by atoms with E-state index >= 15 is 0 Å². The van der Waals surface area contributed by atoms with Crippen LogP contribution in [0.4, 0.5) is 0 Å². The summed E-state index contributed by atoms with van der Waals surface area (Å²) in [6, 6.07) is 9.19. The molecule has 6 nitrogen and oxygen atoms in total. The van der Waals surface area contributed by atoms with Crippen LogP contribution in [-0.4, -0.2) is 24.1 Å². The Labute approximate surface area is 174 Å². The number of ketones is 1. The third-order valence-electron chi connectivity index (χ3n) is 6.76. The molecule has 0 radical (unpaired) electrons. The van der Waals surface area contributed by atoms with Gasteiger partial charge in [-0.1, -0.05) is 12.5 Å². The van der Waals surface area contributed by atoms with Gasteiger partial charge in [0.05, 0.1) is 18.4 Å². The summed E-state index contributed by atoms with van der Waals surface area (Å²) in [7, 11) is 0. The van der Waals surface area contributed by atoms with Gasteiger partial charge in [0.15, 0.2) is 17.3 Å². The van der Waals surface area contributed by atoms with Crippen LogP contribution >= 0.6 is 0 Å². The van der Waals surface area contributed by atoms with Crippen molar-refractivity contribution >= 4 is 11.8 Å². The molecular formula is C24H22O6. The van der Waals surface area contributed by atoms with Gasteiger partial charge in [0.1, 0.15) is 17.1 Å². The lowest BCUT2D eigenvalue weighted by Crippen LogP contribution is -2.44. The Balaban J connectivity index is 1.50. The molecule has 3 aliphatic heterocycles. The molecule has 2 aromatic rings. The van der Waals surface area contributed by atoms with Crippen LogP contribution in [0.1, 0.15) is 72.3 Å². The number of rotatable bonds is 1. The maximum absolute atomic E-state index is 13.1. The molecule has 1 aliphatic carbocycles. The van der Waals surface area contributed by atoms with Gasteiger partial charge in [0.2, 0.25) is 6.79 Å². The fourth-order valence-electron chi connectivity index (χ4n) is 5.29. The van der Waals surface area contributed by atoms with Crippen molar-refractivity contribution in [2.45, 2.75) is 56.5 Å². The minimum absolute atomic E-state index is 0.113. The molecule has 4 aliphatic rings. The minimum atomic E-state index is -0.432. The number of hydrogen-bond acceptors (Lipinski definition) is 6. The number of fused-ring (bicyclic) bond motifs is 4. The third-order valence-corrected chi connectivity index (χ3v) is 6.76. The van der Waals surface area contributed by atoms with Crippen molar-refractivity contribution in [2.24, 2.45) is 0 Å². The van der Waals surface area contributed by atoms with Crippen LogP contribution in [-0.2, 0) is 4.79 Å². The maximum Gasteiger partial charge on any atom is 0.312 e. The van der Waals surface area contributed by atoms with E-state index in [4.69, 9.17) is 18.9 Å². The van der Waals surface area contributed by atoms with E-state index in [0.717, 1.165) is 36.8 Å². The lowest BCUT2D eigenvalue weighted by Gasteiger charge is -2.42. The van der Waals surface area contributed by atoms with Crippen LogP contribution in [0.25, 0.3) is 0 Å². The van der Waals surface area contributed by atoms with Gasteiger partial charge in [-0.25, -0.2) is 0 Å². The smallest absolute Gasteiger partial charge is 0.312 e. The van der Waals surface area contributed by atoms with Crippen molar-refractivity contribution in [3.05, 3.63) is 47.0 Å². The van der Waals surface area contributed by atoms with Gasteiger partial charge in [-0.2, -0.15) is 0 Å². The summed E-state index contributed by atoms with van der Waals surface area (Å²) in [5.41, 5.74) is 1.88. The first-order valence-electron chi connectivity index (χ1n) is 10.6. The molecule has 6 heteroatoms. The lowest BCUT2D eigenvalue weighted by atomic mass is 9.76. The quantitative estimate of drug-likeness (QED) is 0.512. The SMILES string of the molecule is O=C1C[C@H](c2ccc3c(c2)OCO3)c2c(ccc3c2OC2(CCCCC2)CC3=O)O1. The minimum Gasteiger partial charge on any atom is -0.486 e. The molecular weight excluding hydrogens is 384 g/mol. The van der Waals surface area contributed by atoms with Gasteiger partial charge in [-0.3, -0.25) is 9.59 Å². The van der Waals surface area contributed by atoms with E-state index in [1.54, 1.807) is 12.1 Å². The summed E-state index contributed by atoms with van der Waals surface area (Å²) < 4.78 is 23.2. The van der Waals surface area contributed by atoms with Crippen LogP contribution in [0.15, 0.2) is 30.3 Å². The van der Waals surface area contributed by atoms with Crippen molar-refractivity contribution in [3.63, 3.8) is 0 Å². The predicted octanol–water partition coefficient (Wildman–Crippen LogP) is 4.52. The Morgan fingerprint density at radius 1 is 0.900 bits per heavy atom. The van der Waals surface area contributed by atoms with Crippen LogP contribution in [0, 0.1) is 0 Å². The van der Waals surface area contributed by atoms with Gasteiger partial charge in [-0.15, -0.1) is 0 Å². The summed E-state index contributed by atoms with van der Waals surface area (Å²) in [4.78, 5) is 25.5. The van der Waals surface area contributed by atoms with Crippen molar-refractivity contribution in [2.75, 3.05) is 6.79 Å². The van der Waals surface area contributed by atoms with Gasteiger partial charge >= 0.3 is 5.97 Å². The van der Waals surface area contributed by atoms with E-state index < -0.39 is 5.60 Å². The highest BCUT2D eigenvalue weighted by atomic mass is 16.7. The first kappa shape index (κ1) is 17.8. The molecule has 0 saturated heterocycles. The highest BCUT2D eigenvalue weighted by molar-refractivity contribution is 6.01. The molecule has 6 rings (SSSR count). The summed E-state index contributed by atoms with van der Waals surface area (Å²) in [5, 5.41) is 0. The Morgan fingerprint density at radius 3 is 2.57 bits per heavy atom. The maximum atomic E-state index is 13.1. The highest BCUT2D eigenvalue weighted by Gasteiger charge is 2.44. The molecule has 0 unspecified atom stereocenters. The molecule has 3 heterocycles. The fraction of sp³-hybridized carbons (Fsp3) is 0.417. The van der Waals surface area contributed by atoms with Crippen molar-refractivity contribution < 1.29 is 28.5 Å². The van der Waals surface area contributed by atoms with Gasteiger partial charge in [-0.05, 0) is 55.5 Å². The molecule has 30 heavy (non-hydrogen) atoms. The molecule has 0 aromatic heterocycles. The number of carbonyl (C=O) groups is 2. The van der Waals surface area contributed by atoms with E-state index in [9.17, 15) is 9.59 Å². The van der Waals surface area contributed by atoms with Crippen molar-refractivity contribution in [1.82, 2.24) is 0 Å². The highest BCUT2D eigenvalue weighted by Crippen LogP contribution is 2.51. The second-order valence-electron chi connectivity index (χ2n) is 8.64. The van der Waals surface area contributed by atoms with E-state index in [-0.39, 0.29) is 30.9 Å². The molecule has 1 fully saturated rings. The van der Waals surface area contributed by atoms with Gasteiger partial charge < -0.3 is 18.9 Å². The normalized spacial score (nSPS) is 23.4. The summed E-state index contributed by atoms with van der Waals surface area (Å²) >= 11 is 0. The summed E-state index contributed by atoms with van der Waals surface area (Å²) in [6.07, 6.45) is 5.69. The first-order valence-corrected chi connectivity index (χ1v) is 10.6. The Kier molecular flexibility index (Phi) is 3.85. The zero-order chi connectivity index (χ0) is 20.3. The van der Waals surface area contributed by atoms with Crippen LogP contribution in [0.5, 0.6) is 23.0 Å². The van der Waals surface area contributed by atoms with E-state index in [2.05, 4.69) is 0 Å². The van der Waals surface area contributed by atoms with Gasteiger partial charge in [0.25, 0.3) is 0 Å². The predicted molar refractivity (Wildman–Crippen MR) is 106 cm³/mol. The lowest BCUT2D eigenvalue weighted by molar-refractivity contribution is -0.135. The fourth-order valence-corrected chi connectivity index (χ4v) is 5.29. The first-order chi connectivity index (χ1) is 14.6. The number of esters is 1. The molecule has 154 valence electrons. The number of ether oxygens (including phenoxy) is 4. The second kappa shape index (κ2) is 6.49. The summed E-state index contributed by atoms with van der Waals surface area (Å²) in [6.45, 7) is 0.192. The average molecular weight is 406 g/mol. The van der Waals surface area contributed by atoms with Crippen molar-refractivity contribution in [1.29, 1.82) is 0 Å². The largest absolute Gasteiger partial charge is 0.486 e. The molecule has 2 aromatic carbocycles. The average Bonchev–Trinajstić information content (AvgIpc) is 3.21. The Morgan fingerprint density at radius 2 is 1.70 bits per heavy atom. The number of Topliss-reactive ketones (excluding diaryl/α,β-unsaturated/α-hetero) is 1. The number of carbonyl (C=O) groups excluding carboxylic acids is 2. The molecule has 0 bridgehead atoms. The number of benzene rings is 2. The second-order valence-corrected chi connectivity index (χ2v) is 8.64.